The van der Waals surface area contributed by atoms with Crippen LogP contribution in [0.4, 0.5) is 0 Å². The van der Waals surface area contributed by atoms with Crippen LogP contribution in [0.25, 0.3) is 0 Å². The second-order valence-electron chi connectivity index (χ2n) is 3.82. The molecule has 0 aromatic heterocycles. The van der Waals surface area contributed by atoms with Crippen LogP contribution in [0, 0.1) is 0 Å². The van der Waals surface area contributed by atoms with Gasteiger partial charge < -0.3 is 10.1 Å². The molecule has 0 radical (unpaired) electrons. The van der Waals surface area contributed by atoms with E-state index < -0.39 is 9.84 Å². The van der Waals surface area contributed by atoms with E-state index >= 15 is 0 Å². The molecule has 94 valence electrons. The Balaban J connectivity index is 2.70. The minimum Gasteiger partial charge on any atom is -0.489 e. The molecule has 1 aromatic carbocycles. The van der Waals surface area contributed by atoms with Crippen LogP contribution in [-0.4, -0.2) is 34.9 Å². The summed E-state index contributed by atoms with van der Waals surface area (Å²) in [5.41, 5.74) is 0.900. The smallest absolute Gasteiger partial charge is 0.175 e. The van der Waals surface area contributed by atoms with Crippen molar-refractivity contribution < 1.29 is 13.2 Å². The Morgan fingerprint density at radius 1 is 1.47 bits per heavy atom. The highest BCUT2D eigenvalue weighted by atomic mass is 32.2. The van der Waals surface area contributed by atoms with Gasteiger partial charge in [-0.25, -0.2) is 8.42 Å². The van der Waals surface area contributed by atoms with Gasteiger partial charge in [0.15, 0.2) is 9.84 Å². The Kier molecular flexibility index (Phi) is 4.72. The number of hydrogen-bond acceptors (Lipinski definition) is 4. The summed E-state index contributed by atoms with van der Waals surface area (Å²) in [6.07, 6.45) is 1.17. The van der Waals surface area contributed by atoms with Crippen LogP contribution in [-0.2, 0) is 9.84 Å². The van der Waals surface area contributed by atoms with E-state index in [1.54, 1.807) is 18.2 Å². The molecule has 4 nitrogen and oxygen atoms in total. The zero-order chi connectivity index (χ0) is 12.9. The molecule has 0 heterocycles. The van der Waals surface area contributed by atoms with Gasteiger partial charge in [-0.15, -0.1) is 0 Å². The highest BCUT2D eigenvalue weighted by Gasteiger charge is 2.07. The van der Waals surface area contributed by atoms with Crippen LogP contribution in [0.5, 0.6) is 5.75 Å². The SMILES string of the molecule is C=C(CNC)COc1cccc(S(C)(=O)=O)c1. The maximum atomic E-state index is 11.3. The number of benzene rings is 1. The molecule has 0 saturated carbocycles. The first-order valence-corrected chi connectivity index (χ1v) is 7.07. The van der Waals surface area contributed by atoms with Crippen molar-refractivity contribution in [3.8, 4) is 5.75 Å². The van der Waals surface area contributed by atoms with Crippen LogP contribution in [0.2, 0.25) is 0 Å². The zero-order valence-corrected chi connectivity index (χ0v) is 10.9. The molecule has 0 atom stereocenters. The average Bonchev–Trinajstić information content (AvgIpc) is 2.26. The third-order valence-corrected chi connectivity index (χ3v) is 3.21. The summed E-state index contributed by atoms with van der Waals surface area (Å²) in [7, 11) is -1.36. The number of hydrogen-bond donors (Lipinski definition) is 1. The van der Waals surface area contributed by atoms with Crippen molar-refractivity contribution >= 4 is 9.84 Å². The largest absolute Gasteiger partial charge is 0.489 e. The van der Waals surface area contributed by atoms with Crippen molar-refractivity contribution in [3.63, 3.8) is 0 Å². The van der Waals surface area contributed by atoms with Crippen molar-refractivity contribution in [2.75, 3.05) is 26.5 Å². The Morgan fingerprint density at radius 3 is 2.76 bits per heavy atom. The quantitative estimate of drug-likeness (QED) is 0.777. The van der Waals surface area contributed by atoms with E-state index in [1.165, 1.54) is 12.3 Å². The summed E-state index contributed by atoms with van der Waals surface area (Å²) in [5.74, 6) is 0.533. The first-order chi connectivity index (χ1) is 7.93. The van der Waals surface area contributed by atoms with E-state index in [4.69, 9.17) is 4.74 Å². The molecule has 0 unspecified atom stereocenters. The molecule has 0 bridgehead atoms. The summed E-state index contributed by atoms with van der Waals surface area (Å²) in [6, 6.07) is 6.44. The molecule has 1 rings (SSSR count). The maximum absolute atomic E-state index is 11.3. The lowest BCUT2D eigenvalue weighted by Gasteiger charge is -2.09. The highest BCUT2D eigenvalue weighted by Crippen LogP contribution is 2.17. The third-order valence-electron chi connectivity index (χ3n) is 2.10. The summed E-state index contributed by atoms with van der Waals surface area (Å²) >= 11 is 0. The molecule has 1 aromatic rings. The number of sulfone groups is 1. The zero-order valence-electron chi connectivity index (χ0n) is 10.1. The lowest BCUT2D eigenvalue weighted by atomic mass is 10.3. The van der Waals surface area contributed by atoms with Crippen LogP contribution in [0.1, 0.15) is 0 Å². The normalized spacial score (nSPS) is 11.2. The minimum atomic E-state index is -3.19. The summed E-state index contributed by atoms with van der Waals surface area (Å²) in [4.78, 5) is 0.259. The summed E-state index contributed by atoms with van der Waals surface area (Å²) in [5, 5.41) is 2.96. The van der Waals surface area contributed by atoms with Crippen molar-refractivity contribution in [2.45, 2.75) is 4.90 Å². The molecule has 17 heavy (non-hydrogen) atoms. The van der Waals surface area contributed by atoms with E-state index in [0.717, 1.165) is 5.57 Å². The van der Waals surface area contributed by atoms with E-state index in [1.807, 2.05) is 7.05 Å². The fourth-order valence-corrected chi connectivity index (χ4v) is 1.94. The Labute approximate surface area is 102 Å². The molecule has 5 heteroatoms. The van der Waals surface area contributed by atoms with Crippen molar-refractivity contribution in [1.29, 1.82) is 0 Å². The molecule has 0 aliphatic carbocycles. The van der Waals surface area contributed by atoms with Crippen LogP contribution in [0.3, 0.4) is 0 Å². The molecular weight excluding hydrogens is 238 g/mol. The van der Waals surface area contributed by atoms with Gasteiger partial charge in [0.1, 0.15) is 12.4 Å². The lowest BCUT2D eigenvalue weighted by Crippen LogP contribution is -2.14. The summed E-state index contributed by atoms with van der Waals surface area (Å²) in [6.45, 7) is 4.87. The van der Waals surface area contributed by atoms with Gasteiger partial charge in [-0.2, -0.15) is 0 Å². The number of rotatable bonds is 6. The predicted molar refractivity (Wildman–Crippen MR) is 68.1 cm³/mol. The fraction of sp³-hybridized carbons (Fsp3) is 0.333. The van der Waals surface area contributed by atoms with Crippen LogP contribution < -0.4 is 10.1 Å². The van der Waals surface area contributed by atoms with Crippen LogP contribution in [0.15, 0.2) is 41.3 Å². The van der Waals surface area contributed by atoms with Gasteiger partial charge >= 0.3 is 0 Å². The number of ether oxygens (including phenoxy) is 1. The topological polar surface area (TPSA) is 55.4 Å². The van der Waals surface area contributed by atoms with Crippen LogP contribution >= 0.6 is 0 Å². The summed E-state index contributed by atoms with van der Waals surface area (Å²) < 4.78 is 28.1. The monoisotopic (exact) mass is 255 g/mol. The van der Waals surface area contributed by atoms with Crippen molar-refractivity contribution in [1.82, 2.24) is 5.32 Å². The molecule has 0 aliphatic heterocycles. The van der Waals surface area contributed by atoms with Gasteiger partial charge in [0, 0.05) is 12.8 Å². The standard InChI is InChI=1S/C12H17NO3S/c1-10(8-13-2)9-16-11-5-4-6-12(7-11)17(3,14)15/h4-7,13H,1,8-9H2,2-3H3. The second-order valence-corrected chi connectivity index (χ2v) is 5.83. The van der Waals surface area contributed by atoms with Gasteiger partial charge in [-0.1, -0.05) is 12.6 Å². The molecule has 0 fully saturated rings. The fourth-order valence-electron chi connectivity index (χ4n) is 1.28. The van der Waals surface area contributed by atoms with E-state index in [-0.39, 0.29) is 4.90 Å². The van der Waals surface area contributed by atoms with Gasteiger partial charge in [-0.05, 0) is 30.8 Å². The van der Waals surface area contributed by atoms with Gasteiger partial charge in [0.05, 0.1) is 4.90 Å². The first-order valence-electron chi connectivity index (χ1n) is 5.17. The lowest BCUT2D eigenvalue weighted by molar-refractivity contribution is 0.348. The van der Waals surface area contributed by atoms with E-state index in [9.17, 15) is 8.42 Å². The Morgan fingerprint density at radius 2 is 2.18 bits per heavy atom. The molecular formula is C12H17NO3S. The minimum absolute atomic E-state index is 0.259. The number of likely N-dealkylation sites (N-methyl/N-ethyl adjacent to an activating group) is 1. The molecule has 0 spiro atoms. The van der Waals surface area contributed by atoms with Gasteiger partial charge in [0.2, 0.25) is 0 Å². The van der Waals surface area contributed by atoms with E-state index in [0.29, 0.717) is 18.9 Å². The Bertz CT molecular complexity index is 494. The average molecular weight is 255 g/mol. The first kappa shape index (κ1) is 13.7. The van der Waals surface area contributed by atoms with Crippen molar-refractivity contribution in [3.05, 3.63) is 36.4 Å². The molecule has 0 aliphatic rings. The van der Waals surface area contributed by atoms with E-state index in [2.05, 4.69) is 11.9 Å². The molecule has 1 N–H and O–H groups in total. The third kappa shape index (κ3) is 4.58. The predicted octanol–water partition coefficient (Wildman–Crippen LogP) is 1.24. The number of nitrogens with one attached hydrogen (secondary N) is 1. The van der Waals surface area contributed by atoms with Crippen molar-refractivity contribution in [2.24, 2.45) is 0 Å². The van der Waals surface area contributed by atoms with Gasteiger partial charge in [-0.3, -0.25) is 0 Å². The second kappa shape index (κ2) is 5.84. The Hall–Kier alpha value is -1.33. The van der Waals surface area contributed by atoms with Gasteiger partial charge in [0.25, 0.3) is 0 Å². The molecule has 0 saturated heterocycles. The highest BCUT2D eigenvalue weighted by molar-refractivity contribution is 7.90. The molecule has 0 amide bonds. The maximum Gasteiger partial charge on any atom is 0.175 e.